The van der Waals surface area contributed by atoms with Crippen molar-refractivity contribution < 1.29 is 14.3 Å². The van der Waals surface area contributed by atoms with Gasteiger partial charge in [-0.15, -0.1) is 10.2 Å². The fourth-order valence-corrected chi connectivity index (χ4v) is 3.01. The van der Waals surface area contributed by atoms with Crippen molar-refractivity contribution in [1.29, 1.82) is 0 Å². The second kappa shape index (κ2) is 6.80. The van der Waals surface area contributed by atoms with Gasteiger partial charge in [-0.3, -0.25) is 0 Å². The zero-order valence-electron chi connectivity index (χ0n) is 13.0. The van der Waals surface area contributed by atoms with Gasteiger partial charge in [0.2, 0.25) is 0 Å². The summed E-state index contributed by atoms with van der Waals surface area (Å²) in [5, 5.41) is 12.5. The van der Waals surface area contributed by atoms with Crippen molar-refractivity contribution in [2.75, 3.05) is 19.0 Å². The number of halogens is 1. The lowest BCUT2D eigenvalue weighted by atomic mass is 9.89. The Balaban J connectivity index is 2.00. The fourth-order valence-electron chi connectivity index (χ4n) is 2.65. The molecule has 6 nitrogen and oxygen atoms in total. The third-order valence-corrected chi connectivity index (χ3v) is 4.46. The zero-order chi connectivity index (χ0) is 16.4. The number of benzene rings is 1. The van der Waals surface area contributed by atoms with Gasteiger partial charge >= 0.3 is 5.97 Å². The Hall–Kier alpha value is -1.73. The van der Waals surface area contributed by atoms with Gasteiger partial charge in [0, 0.05) is 23.0 Å². The van der Waals surface area contributed by atoms with Crippen LogP contribution in [0.3, 0.4) is 0 Å². The van der Waals surface area contributed by atoms with Gasteiger partial charge in [0.15, 0.2) is 5.69 Å². The number of fused-ring (bicyclic) bond motifs is 1. The van der Waals surface area contributed by atoms with Gasteiger partial charge in [-0.2, -0.15) is 0 Å². The Bertz CT molecular complexity index is 732. The number of methoxy groups -OCH3 is 1. The number of hydrogen-bond donors (Lipinski definition) is 1. The topological polar surface area (TPSA) is 73.3 Å². The van der Waals surface area contributed by atoms with E-state index in [1.807, 2.05) is 18.2 Å². The quantitative estimate of drug-likeness (QED) is 0.804. The summed E-state index contributed by atoms with van der Waals surface area (Å²) in [6.07, 6.45) is 2.07. The van der Waals surface area contributed by atoms with E-state index in [2.05, 4.69) is 31.4 Å². The molecule has 0 aliphatic heterocycles. The van der Waals surface area contributed by atoms with Crippen LogP contribution in [0.4, 0.5) is 5.69 Å². The molecule has 3 rings (SSSR count). The molecule has 1 N–H and O–H groups in total. The molecule has 0 saturated heterocycles. The molecule has 1 aromatic carbocycles. The Morgan fingerprint density at radius 1 is 1.39 bits per heavy atom. The van der Waals surface area contributed by atoms with E-state index in [0.717, 1.165) is 28.2 Å². The van der Waals surface area contributed by atoms with Crippen LogP contribution in [0.1, 0.15) is 30.3 Å². The number of esters is 1. The van der Waals surface area contributed by atoms with E-state index in [1.54, 1.807) is 14.0 Å². The Morgan fingerprint density at radius 3 is 2.87 bits per heavy atom. The molecular weight excluding hydrogens is 362 g/mol. The molecule has 0 unspecified atom stereocenters. The Morgan fingerprint density at radius 2 is 2.17 bits per heavy atom. The monoisotopic (exact) mass is 379 g/mol. The first kappa shape index (κ1) is 16.1. The van der Waals surface area contributed by atoms with Gasteiger partial charge in [-0.1, -0.05) is 15.9 Å². The molecule has 0 atom stereocenters. The van der Waals surface area contributed by atoms with Crippen molar-refractivity contribution in [1.82, 2.24) is 10.2 Å². The minimum Gasteiger partial charge on any atom is -0.461 e. The van der Waals surface area contributed by atoms with Crippen LogP contribution in [0.5, 0.6) is 0 Å². The van der Waals surface area contributed by atoms with Gasteiger partial charge in [0.25, 0.3) is 0 Å². The lowest BCUT2D eigenvalue weighted by Gasteiger charge is -2.35. The molecule has 1 saturated carbocycles. The fraction of sp³-hybridized carbons (Fsp3) is 0.438. The highest BCUT2D eigenvalue weighted by molar-refractivity contribution is 9.10. The summed E-state index contributed by atoms with van der Waals surface area (Å²) in [6, 6.07) is 5.95. The van der Waals surface area contributed by atoms with Crippen LogP contribution < -0.4 is 5.32 Å². The predicted octanol–water partition coefficient (Wildman–Crippen LogP) is 3.16. The molecule has 1 aliphatic carbocycles. The van der Waals surface area contributed by atoms with Crippen LogP contribution in [-0.2, 0) is 9.47 Å². The van der Waals surface area contributed by atoms with Crippen LogP contribution in [0, 0.1) is 0 Å². The summed E-state index contributed by atoms with van der Waals surface area (Å²) < 4.78 is 11.3. The maximum Gasteiger partial charge on any atom is 0.361 e. The highest BCUT2D eigenvalue weighted by Crippen LogP contribution is 2.32. The van der Waals surface area contributed by atoms with E-state index in [0.29, 0.717) is 12.3 Å². The molecule has 1 heterocycles. The number of carbonyl (C=O) groups excluding carboxylic acids is 1. The van der Waals surface area contributed by atoms with Crippen molar-refractivity contribution in [3.63, 3.8) is 0 Å². The first-order valence-electron chi connectivity index (χ1n) is 7.54. The summed E-state index contributed by atoms with van der Waals surface area (Å²) in [4.78, 5) is 12.2. The number of ether oxygens (including phenoxy) is 2. The maximum absolute atomic E-state index is 12.2. The standard InChI is InChI=1S/C16H18BrN3O3/c1-3-23-16(21)15-14(18-10-7-11(8-10)22-2)12-6-9(17)4-5-13(12)19-20-15/h4-6,10-11H,3,7-8H2,1-2H3,(H,18,19). The molecule has 0 bridgehead atoms. The lowest BCUT2D eigenvalue weighted by molar-refractivity contribution is 0.0328. The van der Waals surface area contributed by atoms with Gasteiger partial charge in [0.05, 0.1) is 23.9 Å². The number of aromatic nitrogens is 2. The van der Waals surface area contributed by atoms with E-state index in [-0.39, 0.29) is 17.8 Å². The molecule has 1 aliphatic rings. The minimum absolute atomic E-state index is 0.221. The largest absolute Gasteiger partial charge is 0.461 e. The summed E-state index contributed by atoms with van der Waals surface area (Å²) in [5.41, 5.74) is 1.62. The van der Waals surface area contributed by atoms with E-state index >= 15 is 0 Å². The van der Waals surface area contributed by atoms with Crippen molar-refractivity contribution in [2.24, 2.45) is 0 Å². The first-order valence-corrected chi connectivity index (χ1v) is 8.34. The van der Waals surface area contributed by atoms with Gasteiger partial charge in [-0.05, 0) is 38.0 Å². The minimum atomic E-state index is -0.466. The Kier molecular flexibility index (Phi) is 4.77. The van der Waals surface area contributed by atoms with Crippen LogP contribution in [0.25, 0.3) is 10.9 Å². The molecule has 1 fully saturated rings. The smallest absolute Gasteiger partial charge is 0.361 e. The highest BCUT2D eigenvalue weighted by Gasteiger charge is 2.31. The highest BCUT2D eigenvalue weighted by atomic mass is 79.9. The molecule has 7 heteroatoms. The number of hydrogen-bond acceptors (Lipinski definition) is 6. The SMILES string of the molecule is CCOC(=O)c1nnc2ccc(Br)cc2c1NC1CC(OC)C1. The summed E-state index contributed by atoms with van der Waals surface area (Å²) in [5.74, 6) is -0.466. The van der Waals surface area contributed by atoms with Gasteiger partial charge < -0.3 is 14.8 Å². The van der Waals surface area contributed by atoms with Crippen molar-refractivity contribution in [3.05, 3.63) is 28.4 Å². The molecule has 2 aromatic rings. The van der Waals surface area contributed by atoms with Crippen LogP contribution in [0.2, 0.25) is 0 Å². The summed E-state index contributed by atoms with van der Waals surface area (Å²) in [6.45, 7) is 2.07. The van der Waals surface area contributed by atoms with Crippen molar-refractivity contribution in [3.8, 4) is 0 Å². The number of nitrogens with zero attached hydrogens (tertiary/aromatic N) is 2. The van der Waals surface area contributed by atoms with Crippen molar-refractivity contribution in [2.45, 2.75) is 31.9 Å². The zero-order valence-corrected chi connectivity index (χ0v) is 14.6. The molecule has 0 amide bonds. The predicted molar refractivity (Wildman–Crippen MR) is 90.6 cm³/mol. The molecule has 122 valence electrons. The van der Waals surface area contributed by atoms with E-state index in [9.17, 15) is 4.79 Å². The third-order valence-electron chi connectivity index (χ3n) is 3.97. The number of carbonyl (C=O) groups is 1. The van der Waals surface area contributed by atoms with E-state index < -0.39 is 5.97 Å². The average Bonchev–Trinajstić information content (AvgIpc) is 2.50. The first-order chi connectivity index (χ1) is 11.1. The molecular formula is C16H18BrN3O3. The molecule has 23 heavy (non-hydrogen) atoms. The number of rotatable bonds is 5. The van der Waals surface area contributed by atoms with Crippen molar-refractivity contribution >= 4 is 38.5 Å². The summed E-state index contributed by atoms with van der Waals surface area (Å²) >= 11 is 3.46. The maximum atomic E-state index is 12.2. The third kappa shape index (κ3) is 3.30. The van der Waals surface area contributed by atoms with E-state index in [1.165, 1.54) is 0 Å². The number of anilines is 1. The average molecular weight is 380 g/mol. The van der Waals surface area contributed by atoms with Crippen LogP contribution in [-0.4, -0.2) is 42.0 Å². The molecule has 0 radical (unpaired) electrons. The second-order valence-corrected chi connectivity index (χ2v) is 6.39. The van der Waals surface area contributed by atoms with Crippen LogP contribution >= 0.6 is 15.9 Å². The second-order valence-electron chi connectivity index (χ2n) is 5.48. The number of nitrogens with one attached hydrogen (secondary N) is 1. The lowest BCUT2D eigenvalue weighted by Crippen LogP contribution is -2.40. The molecule has 1 aromatic heterocycles. The molecule has 0 spiro atoms. The normalized spacial score (nSPS) is 20.1. The summed E-state index contributed by atoms with van der Waals surface area (Å²) in [7, 11) is 1.71. The Labute approximate surface area is 142 Å². The van der Waals surface area contributed by atoms with E-state index in [4.69, 9.17) is 9.47 Å². The van der Waals surface area contributed by atoms with Gasteiger partial charge in [0.1, 0.15) is 0 Å². The van der Waals surface area contributed by atoms with Gasteiger partial charge in [-0.25, -0.2) is 4.79 Å². The van der Waals surface area contributed by atoms with Crippen LogP contribution in [0.15, 0.2) is 22.7 Å².